The molecule has 4 rings (SSSR count). The number of hydrogen-bond donors (Lipinski definition) is 3. The van der Waals surface area contributed by atoms with Crippen LogP contribution in [0.25, 0.3) is 11.1 Å². The molecular weight excluding hydrogens is 624 g/mol. The topological polar surface area (TPSA) is 154 Å². The van der Waals surface area contributed by atoms with E-state index in [1.54, 1.807) is 45.8 Å². The number of carbonyl (C=O) groups excluding carboxylic acids is 3. The van der Waals surface area contributed by atoms with Crippen molar-refractivity contribution in [2.75, 3.05) is 45.1 Å². The van der Waals surface area contributed by atoms with Gasteiger partial charge in [-0.05, 0) is 67.5 Å². The van der Waals surface area contributed by atoms with Gasteiger partial charge in [0.05, 0.1) is 51.8 Å². The van der Waals surface area contributed by atoms with Crippen LogP contribution in [-0.4, -0.2) is 57.2 Å². The molecule has 2 aromatic carbocycles. The molecule has 13 heteroatoms. The molecule has 1 atom stereocenters. The molecule has 0 radical (unpaired) electrons. The summed E-state index contributed by atoms with van der Waals surface area (Å²) >= 11 is 1.27. The second-order valence-corrected chi connectivity index (χ2v) is 11.9. The third-order valence-electron chi connectivity index (χ3n) is 7.74. The average molecular weight is 667 g/mol. The molecule has 1 aliphatic rings. The van der Waals surface area contributed by atoms with Crippen LogP contribution < -0.4 is 35.6 Å². The molecule has 252 valence electrons. The van der Waals surface area contributed by atoms with Crippen LogP contribution in [0, 0.1) is 0 Å². The number of thiazole rings is 1. The second-order valence-electron chi connectivity index (χ2n) is 11.0. The van der Waals surface area contributed by atoms with Crippen molar-refractivity contribution >= 4 is 39.9 Å². The van der Waals surface area contributed by atoms with Crippen molar-refractivity contribution in [3.63, 3.8) is 0 Å². The Morgan fingerprint density at radius 2 is 1.81 bits per heavy atom. The van der Waals surface area contributed by atoms with E-state index in [0.717, 1.165) is 29.5 Å². The number of aromatic nitrogens is 1. The van der Waals surface area contributed by atoms with Gasteiger partial charge in [-0.2, -0.15) is 0 Å². The smallest absolute Gasteiger partial charge is 0.311 e. The van der Waals surface area contributed by atoms with E-state index in [1.165, 1.54) is 18.3 Å². The number of unbranched alkanes of at least 4 members (excludes halogenated alkanes) is 2. The van der Waals surface area contributed by atoms with Crippen molar-refractivity contribution < 1.29 is 33.3 Å². The number of anilines is 2. The minimum atomic E-state index is -0.385. The van der Waals surface area contributed by atoms with Gasteiger partial charge in [-0.25, -0.2) is 4.98 Å². The maximum atomic E-state index is 13.5. The fourth-order valence-electron chi connectivity index (χ4n) is 5.65. The zero-order chi connectivity index (χ0) is 33.9. The second kappa shape index (κ2) is 16.8. The Morgan fingerprint density at radius 3 is 2.51 bits per heavy atom. The van der Waals surface area contributed by atoms with E-state index in [2.05, 4.69) is 20.9 Å². The van der Waals surface area contributed by atoms with Gasteiger partial charge < -0.3 is 34.9 Å². The van der Waals surface area contributed by atoms with Crippen molar-refractivity contribution in [3.8, 4) is 28.4 Å². The minimum absolute atomic E-state index is 0.0711. The van der Waals surface area contributed by atoms with Crippen LogP contribution in [0.4, 0.5) is 10.8 Å². The number of amides is 2. The Morgan fingerprint density at radius 1 is 1.02 bits per heavy atom. The van der Waals surface area contributed by atoms with Crippen LogP contribution in [0.1, 0.15) is 68.8 Å². The van der Waals surface area contributed by atoms with Gasteiger partial charge in [0.25, 0.3) is 0 Å². The summed E-state index contributed by atoms with van der Waals surface area (Å²) in [4.78, 5) is 53.9. The lowest BCUT2D eigenvalue weighted by Gasteiger charge is -2.19. The van der Waals surface area contributed by atoms with Gasteiger partial charge in [0, 0.05) is 30.8 Å². The molecule has 0 saturated carbocycles. The number of esters is 1. The summed E-state index contributed by atoms with van der Waals surface area (Å²) < 4.78 is 22.0. The number of nitrogens with zero attached hydrogens (tertiary/aromatic N) is 1. The molecule has 2 amide bonds. The Labute approximate surface area is 278 Å². The Balaban J connectivity index is 1.42. The molecule has 0 fully saturated rings. The number of aryl methyl sites for hydroxylation is 1. The highest BCUT2D eigenvalue weighted by atomic mass is 32.1. The van der Waals surface area contributed by atoms with Gasteiger partial charge in [0.1, 0.15) is 0 Å². The number of methoxy groups -OCH3 is 3. The zero-order valence-electron chi connectivity index (χ0n) is 27.4. The van der Waals surface area contributed by atoms with E-state index in [0.29, 0.717) is 78.2 Å². The molecule has 1 aliphatic carbocycles. The summed E-state index contributed by atoms with van der Waals surface area (Å²) in [6, 6.07) is 6.76. The van der Waals surface area contributed by atoms with E-state index < -0.39 is 0 Å². The first-order valence-corrected chi connectivity index (χ1v) is 16.5. The summed E-state index contributed by atoms with van der Waals surface area (Å²) in [7, 11) is 4.68. The lowest BCUT2D eigenvalue weighted by atomic mass is 9.95. The molecule has 47 heavy (non-hydrogen) atoms. The highest BCUT2D eigenvalue weighted by Gasteiger charge is 2.29. The molecule has 12 nitrogen and oxygen atoms in total. The first-order valence-electron chi connectivity index (χ1n) is 15.6. The molecular formula is C34H42N4O8S. The summed E-state index contributed by atoms with van der Waals surface area (Å²) in [5, 5.41) is 11.2. The maximum absolute atomic E-state index is 13.5. The van der Waals surface area contributed by atoms with E-state index in [1.807, 2.05) is 12.1 Å². The molecule has 3 aromatic rings. The number of nitrogens with one attached hydrogen (secondary N) is 3. The Bertz CT molecular complexity index is 1660. The van der Waals surface area contributed by atoms with Crippen LogP contribution in [0.5, 0.6) is 17.2 Å². The van der Waals surface area contributed by atoms with Crippen LogP contribution in [0.3, 0.4) is 0 Å². The monoisotopic (exact) mass is 666 g/mol. The molecule has 1 aromatic heterocycles. The van der Waals surface area contributed by atoms with Crippen molar-refractivity contribution in [2.45, 2.75) is 64.8 Å². The van der Waals surface area contributed by atoms with Crippen LogP contribution in [0.15, 0.2) is 34.4 Å². The van der Waals surface area contributed by atoms with Gasteiger partial charge in [-0.1, -0.05) is 12.5 Å². The normalized spacial score (nSPS) is 13.3. The van der Waals surface area contributed by atoms with E-state index in [9.17, 15) is 19.2 Å². The first kappa shape index (κ1) is 35.2. The number of ether oxygens (including phenoxy) is 4. The fraction of sp³-hybridized carbons (Fsp3) is 0.441. The number of benzene rings is 1. The van der Waals surface area contributed by atoms with Crippen LogP contribution in [-0.2, 0) is 32.0 Å². The van der Waals surface area contributed by atoms with Crippen LogP contribution >= 0.6 is 11.3 Å². The van der Waals surface area contributed by atoms with Crippen molar-refractivity contribution in [3.05, 3.63) is 56.7 Å². The lowest BCUT2D eigenvalue weighted by Crippen LogP contribution is -2.26. The summed E-state index contributed by atoms with van der Waals surface area (Å²) in [5.41, 5.74) is 4.00. The van der Waals surface area contributed by atoms with Gasteiger partial charge in [-0.3, -0.25) is 19.2 Å². The first-order chi connectivity index (χ1) is 22.7. The molecule has 0 aliphatic heterocycles. The van der Waals surface area contributed by atoms with Gasteiger partial charge in [0.15, 0.2) is 16.6 Å². The molecule has 0 spiro atoms. The maximum Gasteiger partial charge on any atom is 0.311 e. The quantitative estimate of drug-likeness (QED) is 0.149. The summed E-state index contributed by atoms with van der Waals surface area (Å²) in [6.07, 6.45) is 3.77. The van der Waals surface area contributed by atoms with E-state index in [-0.39, 0.29) is 35.7 Å². The molecule has 3 N–H and O–H groups in total. The Hall–Kier alpha value is -4.65. The third-order valence-corrected chi connectivity index (χ3v) is 8.55. The van der Waals surface area contributed by atoms with Crippen LogP contribution in [0.2, 0.25) is 0 Å². The van der Waals surface area contributed by atoms with Crippen molar-refractivity contribution in [1.29, 1.82) is 0 Å². The third kappa shape index (κ3) is 9.00. The van der Waals surface area contributed by atoms with Crippen molar-refractivity contribution in [2.24, 2.45) is 0 Å². The van der Waals surface area contributed by atoms with Gasteiger partial charge >= 0.3 is 5.97 Å². The fourth-order valence-corrected chi connectivity index (χ4v) is 6.38. The van der Waals surface area contributed by atoms with E-state index >= 15 is 0 Å². The highest BCUT2D eigenvalue weighted by Crippen LogP contribution is 2.50. The van der Waals surface area contributed by atoms with Gasteiger partial charge in [-0.15, -0.1) is 11.3 Å². The average Bonchev–Trinajstić information content (AvgIpc) is 3.33. The number of carbonyl (C=O) groups is 3. The van der Waals surface area contributed by atoms with Crippen molar-refractivity contribution in [1.82, 2.24) is 10.3 Å². The lowest BCUT2D eigenvalue weighted by molar-refractivity contribution is -0.142. The molecule has 1 unspecified atom stereocenters. The number of hydrogen-bond acceptors (Lipinski definition) is 11. The summed E-state index contributed by atoms with van der Waals surface area (Å²) in [6.45, 7) is 4.05. The van der Waals surface area contributed by atoms with E-state index in [4.69, 9.17) is 18.9 Å². The molecule has 0 bridgehead atoms. The summed E-state index contributed by atoms with van der Waals surface area (Å²) in [5.74, 6) is 0.794. The standard InChI is InChI=1S/C34H42N4O8S/c1-6-46-30(42)17-22-19-47-34(37-22)38-29(41)10-8-7-9-15-35-26-14-12-23-24(18-27(26)40)25(36-20(2)39)13-11-21-16-28(43-3)32(44-4)33(45-5)31(21)23/h12,14,16,18-19,25H,6-11,13,15,17H2,1-5H3,(H,35,40)(H,36,39)(H,37,38,41). The highest BCUT2D eigenvalue weighted by molar-refractivity contribution is 7.13. The minimum Gasteiger partial charge on any atom is -0.493 e. The number of fused-ring (bicyclic) bond motifs is 3. The largest absolute Gasteiger partial charge is 0.493 e. The zero-order valence-corrected chi connectivity index (χ0v) is 28.3. The predicted octanol–water partition coefficient (Wildman–Crippen LogP) is 5.04. The SMILES string of the molecule is CCOC(=O)Cc1csc(NC(=O)CCCCCNc2ccc3c(cc2=O)C(NC(C)=O)CCc2cc(OC)c(OC)c(OC)c2-3)n1. The molecule has 1 heterocycles. The van der Waals surface area contributed by atoms with Gasteiger partial charge in [0.2, 0.25) is 23.0 Å². The molecule has 0 saturated heterocycles. The number of rotatable bonds is 15. The Kier molecular flexibility index (Phi) is 12.6. The predicted molar refractivity (Wildman–Crippen MR) is 181 cm³/mol.